The maximum atomic E-state index is 13.4. The van der Waals surface area contributed by atoms with Crippen molar-refractivity contribution < 1.29 is 38.1 Å². The van der Waals surface area contributed by atoms with Crippen LogP contribution in [0.15, 0.2) is 60.7 Å². The van der Waals surface area contributed by atoms with Crippen LogP contribution in [0.1, 0.15) is 64.2 Å². The van der Waals surface area contributed by atoms with Gasteiger partial charge in [-0.3, -0.25) is 14.4 Å². The summed E-state index contributed by atoms with van der Waals surface area (Å²) < 4.78 is 22.9. The van der Waals surface area contributed by atoms with Crippen LogP contribution >= 0.6 is 11.6 Å². The minimum atomic E-state index is -1.12. The van der Waals surface area contributed by atoms with Crippen LogP contribution in [0.2, 0.25) is 5.02 Å². The molecule has 46 heavy (non-hydrogen) atoms. The van der Waals surface area contributed by atoms with Gasteiger partial charge in [-0.2, -0.15) is 0 Å². The molecule has 2 heterocycles. The molecule has 10 nitrogen and oxygen atoms in total. The Balaban J connectivity index is 1.58. The number of benzene rings is 2. The summed E-state index contributed by atoms with van der Waals surface area (Å²) in [7, 11) is 1.51. The van der Waals surface area contributed by atoms with Gasteiger partial charge in [0.25, 0.3) is 0 Å². The summed E-state index contributed by atoms with van der Waals surface area (Å²) in [5, 5.41) is 5.91. The van der Waals surface area contributed by atoms with E-state index in [0.29, 0.717) is 16.3 Å². The third-order valence-electron chi connectivity index (χ3n) is 8.04. The molecule has 0 aliphatic carbocycles. The number of amides is 2. The maximum absolute atomic E-state index is 13.4. The van der Waals surface area contributed by atoms with Gasteiger partial charge >= 0.3 is 11.9 Å². The van der Waals surface area contributed by atoms with E-state index in [-0.39, 0.29) is 49.7 Å². The van der Waals surface area contributed by atoms with Crippen LogP contribution in [-0.2, 0) is 39.8 Å². The topological polar surface area (TPSA) is 133 Å². The Bertz CT molecular complexity index is 1410. The standard InChI is InChI=1S/C35H43ClN2O8/c1-20(2)16-29-35(42)45-27(22(4)32-33(46-32)24-10-7-6-8-11-24)12-9-13-30(39)38-26(34(41)37-21(3)17-31(40)44-29)19-23-14-15-28(43-5)25(36)18-23/h6-11,13-15,18,20-22,26-27,29,32-33H,12,16-17,19H2,1-5H3,(H,37,41)(H,38,39)/b13-9+/t21-,22+,26-,27+,29+,32+,33+/m1/s1. The molecule has 4 rings (SSSR count). The van der Waals surface area contributed by atoms with Crippen molar-refractivity contribution in [1.82, 2.24) is 10.6 Å². The average molecular weight is 655 g/mol. The Morgan fingerprint density at radius 1 is 1.00 bits per heavy atom. The number of hydrogen-bond donors (Lipinski definition) is 2. The fourth-order valence-electron chi connectivity index (χ4n) is 5.52. The van der Waals surface area contributed by atoms with Crippen molar-refractivity contribution in [2.45, 2.75) is 89.9 Å². The van der Waals surface area contributed by atoms with Crippen LogP contribution in [0.3, 0.4) is 0 Å². The van der Waals surface area contributed by atoms with Gasteiger partial charge in [0.1, 0.15) is 24.0 Å². The van der Waals surface area contributed by atoms with Crippen LogP contribution in [0.4, 0.5) is 0 Å². The second-order valence-corrected chi connectivity index (χ2v) is 12.8. The number of carbonyl (C=O) groups excluding carboxylic acids is 4. The van der Waals surface area contributed by atoms with E-state index in [0.717, 1.165) is 5.56 Å². The number of epoxide rings is 1. The lowest BCUT2D eigenvalue weighted by atomic mass is 9.93. The van der Waals surface area contributed by atoms with E-state index in [1.807, 2.05) is 51.1 Å². The zero-order chi connectivity index (χ0) is 33.4. The van der Waals surface area contributed by atoms with Crippen molar-refractivity contribution in [1.29, 1.82) is 0 Å². The number of rotatable bonds is 8. The summed E-state index contributed by atoms with van der Waals surface area (Å²) in [4.78, 5) is 52.9. The minimum absolute atomic E-state index is 0.0361. The third-order valence-corrected chi connectivity index (χ3v) is 8.33. The van der Waals surface area contributed by atoms with Crippen LogP contribution in [0, 0.1) is 11.8 Å². The Hall–Kier alpha value is -3.89. The van der Waals surface area contributed by atoms with E-state index in [9.17, 15) is 19.2 Å². The monoisotopic (exact) mass is 654 g/mol. The summed E-state index contributed by atoms with van der Waals surface area (Å²) in [5.41, 5.74) is 1.73. The highest BCUT2D eigenvalue weighted by atomic mass is 35.5. The Morgan fingerprint density at radius 2 is 1.74 bits per heavy atom. The van der Waals surface area contributed by atoms with Crippen molar-refractivity contribution in [2.24, 2.45) is 11.8 Å². The van der Waals surface area contributed by atoms with Crippen LogP contribution in [-0.4, -0.2) is 61.3 Å². The number of hydrogen-bond acceptors (Lipinski definition) is 8. The molecule has 0 spiro atoms. The molecule has 0 aromatic heterocycles. The van der Waals surface area contributed by atoms with Gasteiger partial charge in [0, 0.05) is 24.8 Å². The van der Waals surface area contributed by atoms with Crippen LogP contribution in [0.5, 0.6) is 5.75 Å². The number of ether oxygens (including phenoxy) is 4. The summed E-state index contributed by atoms with van der Waals surface area (Å²) in [6, 6.07) is 13.3. The fraction of sp³-hybridized carbons (Fsp3) is 0.486. The summed E-state index contributed by atoms with van der Waals surface area (Å²) in [6.45, 7) is 7.42. The molecule has 11 heteroatoms. The highest BCUT2D eigenvalue weighted by Crippen LogP contribution is 2.45. The van der Waals surface area contributed by atoms with E-state index in [2.05, 4.69) is 10.6 Å². The first kappa shape index (κ1) is 35.0. The van der Waals surface area contributed by atoms with Crippen molar-refractivity contribution in [3.63, 3.8) is 0 Å². The maximum Gasteiger partial charge on any atom is 0.347 e. The molecule has 0 unspecified atom stereocenters. The average Bonchev–Trinajstić information content (AvgIpc) is 3.80. The lowest BCUT2D eigenvalue weighted by Crippen LogP contribution is -2.50. The number of methoxy groups -OCH3 is 1. The number of nitrogens with one attached hydrogen (secondary N) is 2. The number of carbonyl (C=O) groups is 4. The first-order valence-electron chi connectivity index (χ1n) is 15.6. The predicted molar refractivity (Wildman–Crippen MR) is 172 cm³/mol. The highest BCUT2D eigenvalue weighted by molar-refractivity contribution is 6.32. The SMILES string of the molecule is COc1ccc(C[C@H]2NC(=O)/C=C/C[C@@H]([C@H](C)[C@@H]3O[C@H]3c3ccccc3)OC(=O)[C@H](CC(C)C)OC(=O)C[C@@H](C)NC2=O)cc1Cl. The van der Waals surface area contributed by atoms with E-state index >= 15 is 0 Å². The van der Waals surface area contributed by atoms with E-state index in [1.165, 1.54) is 13.2 Å². The molecule has 7 atom stereocenters. The van der Waals surface area contributed by atoms with Gasteiger partial charge in [-0.05, 0) is 48.6 Å². The molecule has 0 saturated carbocycles. The molecule has 2 aromatic rings. The van der Waals surface area contributed by atoms with Gasteiger partial charge in [0.15, 0.2) is 6.10 Å². The molecule has 2 aliphatic heterocycles. The summed E-state index contributed by atoms with van der Waals surface area (Å²) in [5.74, 6) is -2.01. The third kappa shape index (κ3) is 9.80. The zero-order valence-corrected chi connectivity index (χ0v) is 27.6. The molecule has 0 bridgehead atoms. The fourth-order valence-corrected chi connectivity index (χ4v) is 5.80. The molecule has 1 fully saturated rings. The van der Waals surface area contributed by atoms with Gasteiger partial charge in [-0.15, -0.1) is 0 Å². The van der Waals surface area contributed by atoms with E-state index in [1.54, 1.807) is 31.2 Å². The molecule has 2 N–H and O–H groups in total. The van der Waals surface area contributed by atoms with Gasteiger partial charge in [0.05, 0.1) is 24.7 Å². The number of cyclic esters (lactones) is 2. The van der Waals surface area contributed by atoms with Crippen molar-refractivity contribution in [2.75, 3.05) is 7.11 Å². The molecule has 2 aromatic carbocycles. The largest absolute Gasteiger partial charge is 0.495 e. The molecular weight excluding hydrogens is 612 g/mol. The molecular formula is C35H43ClN2O8. The quantitative estimate of drug-likeness (QED) is 0.304. The van der Waals surface area contributed by atoms with Gasteiger partial charge in [-0.25, -0.2) is 4.79 Å². The van der Waals surface area contributed by atoms with Gasteiger partial charge < -0.3 is 29.6 Å². The molecule has 1 saturated heterocycles. The Kier molecular flexibility index (Phi) is 12.2. The number of halogens is 1. The van der Waals surface area contributed by atoms with Gasteiger partial charge in [-0.1, -0.05) is 74.8 Å². The zero-order valence-electron chi connectivity index (χ0n) is 26.9. The second kappa shape index (κ2) is 16.1. The first-order chi connectivity index (χ1) is 21.9. The van der Waals surface area contributed by atoms with Crippen LogP contribution in [0.25, 0.3) is 0 Å². The number of esters is 2. The molecule has 0 radical (unpaired) electrons. The normalized spacial score (nSPS) is 27.5. The molecule has 2 aliphatic rings. The van der Waals surface area contributed by atoms with Crippen molar-refractivity contribution >= 4 is 35.4 Å². The second-order valence-electron chi connectivity index (χ2n) is 12.4. The van der Waals surface area contributed by atoms with Crippen LogP contribution < -0.4 is 15.4 Å². The molecule has 248 valence electrons. The predicted octanol–water partition coefficient (Wildman–Crippen LogP) is 4.88. The van der Waals surface area contributed by atoms with Crippen molar-refractivity contribution in [3.05, 3.63) is 76.8 Å². The minimum Gasteiger partial charge on any atom is -0.495 e. The summed E-state index contributed by atoms with van der Waals surface area (Å²) in [6.07, 6.45) is 1.23. The van der Waals surface area contributed by atoms with E-state index < -0.39 is 48.0 Å². The van der Waals surface area contributed by atoms with Crippen molar-refractivity contribution in [3.8, 4) is 5.75 Å². The first-order valence-corrected chi connectivity index (χ1v) is 16.0. The summed E-state index contributed by atoms with van der Waals surface area (Å²) >= 11 is 6.30. The molecule has 2 amide bonds. The lowest BCUT2D eigenvalue weighted by molar-refractivity contribution is -0.174. The Morgan fingerprint density at radius 3 is 2.41 bits per heavy atom. The van der Waals surface area contributed by atoms with Gasteiger partial charge in [0.2, 0.25) is 11.8 Å². The lowest BCUT2D eigenvalue weighted by Gasteiger charge is -2.26. The highest BCUT2D eigenvalue weighted by Gasteiger charge is 2.47. The Labute approximate surface area is 275 Å². The smallest absolute Gasteiger partial charge is 0.347 e. The van der Waals surface area contributed by atoms with E-state index in [4.69, 9.17) is 30.5 Å².